The number of hydrogen-bond donors (Lipinski definition) is 1. The average molecular weight is 313 g/mol. The first kappa shape index (κ1) is 15.7. The van der Waals surface area contributed by atoms with Gasteiger partial charge in [0.15, 0.2) is 5.66 Å². The molecule has 2 atom stereocenters. The van der Waals surface area contributed by atoms with Crippen molar-refractivity contribution in [2.45, 2.75) is 57.7 Å². The highest BCUT2D eigenvalue weighted by molar-refractivity contribution is 5.78. The molecular weight excluding hydrogens is 290 g/mol. The SMILES string of the molecule is C#CCCC1(CCNC(=O)[C@H]2C[C@@H](C)c3nc(C)cn3C2)N=N1. The molecule has 0 unspecified atom stereocenters. The number of nitrogens with one attached hydrogen (secondary N) is 1. The Morgan fingerprint density at radius 1 is 1.52 bits per heavy atom. The predicted octanol–water partition coefficient (Wildman–Crippen LogP) is 2.40. The van der Waals surface area contributed by atoms with Gasteiger partial charge in [0.1, 0.15) is 5.82 Å². The highest BCUT2D eigenvalue weighted by Gasteiger charge is 2.39. The Kier molecular flexibility index (Phi) is 4.20. The average Bonchev–Trinajstić information content (AvgIpc) is 3.18. The molecule has 2 aliphatic rings. The summed E-state index contributed by atoms with van der Waals surface area (Å²) < 4.78 is 2.12. The molecule has 0 spiro atoms. The Morgan fingerprint density at radius 2 is 2.30 bits per heavy atom. The van der Waals surface area contributed by atoms with Crippen molar-refractivity contribution >= 4 is 5.91 Å². The molecule has 2 aliphatic heterocycles. The van der Waals surface area contributed by atoms with Gasteiger partial charge in [0.2, 0.25) is 5.91 Å². The largest absolute Gasteiger partial charge is 0.356 e. The second-order valence-electron chi connectivity index (χ2n) is 6.65. The van der Waals surface area contributed by atoms with Gasteiger partial charge in [-0.1, -0.05) is 6.92 Å². The normalized spacial score (nSPS) is 23.9. The Hall–Kier alpha value is -2.16. The van der Waals surface area contributed by atoms with E-state index in [1.165, 1.54) is 0 Å². The van der Waals surface area contributed by atoms with Crippen LogP contribution in [0.3, 0.4) is 0 Å². The molecule has 0 aromatic carbocycles. The van der Waals surface area contributed by atoms with Crippen LogP contribution in [0, 0.1) is 25.2 Å². The van der Waals surface area contributed by atoms with Crippen molar-refractivity contribution in [3.05, 3.63) is 17.7 Å². The lowest BCUT2D eigenvalue weighted by Gasteiger charge is -2.27. The number of imidazole rings is 1. The van der Waals surface area contributed by atoms with Crippen molar-refractivity contribution in [1.29, 1.82) is 0 Å². The number of terminal acetylenes is 1. The van der Waals surface area contributed by atoms with Crippen LogP contribution >= 0.6 is 0 Å². The summed E-state index contributed by atoms with van der Waals surface area (Å²) in [7, 11) is 0. The molecule has 3 rings (SSSR count). The molecule has 0 saturated carbocycles. The minimum atomic E-state index is -0.325. The van der Waals surface area contributed by atoms with Crippen molar-refractivity contribution in [3.63, 3.8) is 0 Å². The fraction of sp³-hybridized carbons (Fsp3) is 0.647. The van der Waals surface area contributed by atoms with E-state index in [2.05, 4.69) is 37.9 Å². The minimum absolute atomic E-state index is 0.000777. The smallest absolute Gasteiger partial charge is 0.224 e. The zero-order valence-electron chi connectivity index (χ0n) is 13.7. The molecule has 23 heavy (non-hydrogen) atoms. The first-order valence-electron chi connectivity index (χ1n) is 8.22. The second kappa shape index (κ2) is 6.15. The second-order valence-corrected chi connectivity index (χ2v) is 6.65. The fourth-order valence-electron chi connectivity index (χ4n) is 3.34. The van der Waals surface area contributed by atoms with E-state index in [0.717, 1.165) is 30.8 Å². The number of hydrogen-bond acceptors (Lipinski definition) is 4. The quantitative estimate of drug-likeness (QED) is 0.819. The Bertz CT molecular complexity index is 663. The number of nitrogens with zero attached hydrogens (tertiary/aromatic N) is 4. The minimum Gasteiger partial charge on any atom is -0.356 e. The summed E-state index contributed by atoms with van der Waals surface area (Å²) in [6.45, 7) is 5.43. The van der Waals surface area contributed by atoms with Gasteiger partial charge in [-0.05, 0) is 13.3 Å². The molecular formula is C17H23N5O. The standard InChI is InChI=1S/C17H23N5O/c1-4-5-6-17(20-21-17)7-8-18-16(23)14-9-12(2)15-19-13(3)10-22(15)11-14/h1,10,12,14H,5-9,11H2,2-3H3,(H,18,23)/t12-,14+/m1/s1. The molecule has 0 radical (unpaired) electrons. The highest BCUT2D eigenvalue weighted by Crippen LogP contribution is 2.36. The van der Waals surface area contributed by atoms with Crippen LogP contribution in [0.5, 0.6) is 0 Å². The molecule has 1 aromatic heterocycles. The van der Waals surface area contributed by atoms with E-state index in [9.17, 15) is 4.79 Å². The summed E-state index contributed by atoms with van der Waals surface area (Å²) in [4.78, 5) is 17.0. The maximum absolute atomic E-state index is 12.4. The van der Waals surface area contributed by atoms with Crippen LogP contribution in [0.25, 0.3) is 0 Å². The van der Waals surface area contributed by atoms with Crippen molar-refractivity contribution in [2.24, 2.45) is 16.1 Å². The van der Waals surface area contributed by atoms with Gasteiger partial charge < -0.3 is 9.88 Å². The van der Waals surface area contributed by atoms with Gasteiger partial charge in [-0.15, -0.1) is 12.3 Å². The molecule has 6 nitrogen and oxygen atoms in total. The van der Waals surface area contributed by atoms with Crippen molar-refractivity contribution in [3.8, 4) is 12.3 Å². The molecule has 1 aromatic rings. The van der Waals surface area contributed by atoms with Gasteiger partial charge in [0.05, 0.1) is 11.6 Å². The Morgan fingerprint density at radius 3 is 3.00 bits per heavy atom. The topological polar surface area (TPSA) is 71.6 Å². The molecule has 1 N–H and O–H groups in total. The lowest BCUT2D eigenvalue weighted by Crippen LogP contribution is -2.38. The van der Waals surface area contributed by atoms with Crippen LogP contribution in [0.2, 0.25) is 0 Å². The molecule has 0 aliphatic carbocycles. The molecule has 122 valence electrons. The highest BCUT2D eigenvalue weighted by atomic mass is 16.1. The van der Waals surface area contributed by atoms with Gasteiger partial charge in [-0.3, -0.25) is 4.79 Å². The number of amides is 1. The molecule has 3 heterocycles. The molecule has 0 bridgehead atoms. The Balaban J connectivity index is 1.49. The van der Waals surface area contributed by atoms with Crippen LogP contribution in [0.15, 0.2) is 16.4 Å². The van der Waals surface area contributed by atoms with Crippen molar-refractivity contribution in [2.75, 3.05) is 6.54 Å². The number of rotatable bonds is 6. The number of aryl methyl sites for hydroxylation is 1. The van der Waals surface area contributed by atoms with Gasteiger partial charge in [0, 0.05) is 44.5 Å². The van der Waals surface area contributed by atoms with Crippen LogP contribution in [0.1, 0.15) is 50.0 Å². The third kappa shape index (κ3) is 3.44. The van der Waals surface area contributed by atoms with Crippen LogP contribution in [-0.4, -0.2) is 27.7 Å². The number of aromatic nitrogens is 2. The molecule has 0 saturated heterocycles. The van der Waals surface area contributed by atoms with E-state index in [1.807, 2.05) is 13.1 Å². The summed E-state index contributed by atoms with van der Waals surface area (Å²) >= 11 is 0. The van der Waals surface area contributed by atoms with Gasteiger partial charge in [-0.2, -0.15) is 10.2 Å². The van der Waals surface area contributed by atoms with Gasteiger partial charge in [0.25, 0.3) is 0 Å². The molecule has 6 heteroatoms. The van der Waals surface area contributed by atoms with E-state index in [0.29, 0.717) is 25.4 Å². The van der Waals surface area contributed by atoms with E-state index in [1.54, 1.807) is 0 Å². The fourth-order valence-corrected chi connectivity index (χ4v) is 3.34. The van der Waals surface area contributed by atoms with E-state index >= 15 is 0 Å². The lowest BCUT2D eigenvalue weighted by molar-refractivity contribution is -0.126. The van der Waals surface area contributed by atoms with E-state index < -0.39 is 0 Å². The first-order chi connectivity index (χ1) is 11.0. The monoisotopic (exact) mass is 313 g/mol. The Labute approximate surface area is 136 Å². The summed E-state index contributed by atoms with van der Waals surface area (Å²) in [5.74, 6) is 4.13. The number of carbonyl (C=O) groups is 1. The summed E-state index contributed by atoms with van der Waals surface area (Å²) in [5.41, 5.74) is 0.689. The van der Waals surface area contributed by atoms with Crippen LogP contribution in [-0.2, 0) is 11.3 Å². The van der Waals surface area contributed by atoms with Crippen molar-refractivity contribution in [1.82, 2.24) is 14.9 Å². The van der Waals surface area contributed by atoms with Crippen molar-refractivity contribution < 1.29 is 4.79 Å². The third-order valence-corrected chi connectivity index (χ3v) is 4.67. The van der Waals surface area contributed by atoms with E-state index in [-0.39, 0.29) is 17.5 Å². The molecule has 0 fully saturated rings. The first-order valence-corrected chi connectivity index (χ1v) is 8.22. The maximum Gasteiger partial charge on any atom is 0.224 e. The number of fused-ring (bicyclic) bond motifs is 1. The summed E-state index contributed by atoms with van der Waals surface area (Å²) in [6, 6.07) is 0. The number of carbonyl (C=O) groups excluding carboxylic acids is 1. The van der Waals surface area contributed by atoms with Crippen LogP contribution < -0.4 is 5.32 Å². The van der Waals surface area contributed by atoms with Gasteiger partial charge >= 0.3 is 0 Å². The predicted molar refractivity (Wildman–Crippen MR) is 86.8 cm³/mol. The third-order valence-electron chi connectivity index (χ3n) is 4.67. The zero-order valence-corrected chi connectivity index (χ0v) is 13.7. The van der Waals surface area contributed by atoms with E-state index in [4.69, 9.17) is 6.42 Å². The molecule has 1 amide bonds. The lowest BCUT2D eigenvalue weighted by atomic mass is 9.90. The van der Waals surface area contributed by atoms with Gasteiger partial charge in [-0.25, -0.2) is 4.98 Å². The summed E-state index contributed by atoms with van der Waals surface area (Å²) in [6.07, 6.45) is 10.3. The van der Waals surface area contributed by atoms with Crippen LogP contribution in [0.4, 0.5) is 0 Å². The summed E-state index contributed by atoms with van der Waals surface area (Å²) in [5, 5.41) is 11.2. The zero-order chi connectivity index (χ0) is 16.4. The maximum atomic E-state index is 12.4.